The van der Waals surface area contributed by atoms with Gasteiger partial charge in [0.25, 0.3) is 0 Å². The Bertz CT molecular complexity index is 748. The Kier molecular flexibility index (Phi) is 5.95. The van der Waals surface area contributed by atoms with Crippen molar-refractivity contribution in [2.45, 2.75) is 83.5 Å². The van der Waals surface area contributed by atoms with Crippen LogP contribution in [0.4, 0.5) is 0 Å². The van der Waals surface area contributed by atoms with Gasteiger partial charge in [-0.2, -0.15) is 0 Å². The maximum atomic E-state index is 13.5. The Labute approximate surface area is 174 Å². The second kappa shape index (κ2) is 8.47. The molecule has 1 aliphatic heterocycles. The molecule has 2 bridgehead atoms. The number of hydrogen-bond donors (Lipinski definition) is 2. The van der Waals surface area contributed by atoms with E-state index >= 15 is 0 Å². The summed E-state index contributed by atoms with van der Waals surface area (Å²) in [6.07, 6.45) is 6.64. The largest absolute Gasteiger partial charge is 0.351 e. The second-order valence-corrected chi connectivity index (χ2v) is 9.83. The molecule has 0 saturated heterocycles. The molecule has 2 fully saturated rings. The lowest BCUT2D eigenvalue weighted by molar-refractivity contribution is -0.143. The monoisotopic (exact) mass is 397 g/mol. The summed E-state index contributed by atoms with van der Waals surface area (Å²) < 4.78 is 0. The number of nitrogens with two attached hydrogens (primary N) is 1. The molecule has 5 nitrogen and oxygen atoms in total. The predicted molar refractivity (Wildman–Crippen MR) is 114 cm³/mol. The molecule has 3 atom stereocenters. The van der Waals surface area contributed by atoms with E-state index in [-0.39, 0.29) is 29.8 Å². The van der Waals surface area contributed by atoms with Gasteiger partial charge in [-0.3, -0.25) is 9.59 Å². The van der Waals surface area contributed by atoms with Gasteiger partial charge in [0, 0.05) is 31.5 Å². The Hall–Kier alpha value is -1.88. The van der Waals surface area contributed by atoms with Crippen LogP contribution < -0.4 is 11.1 Å². The lowest BCUT2D eigenvalue weighted by atomic mass is 9.67. The minimum atomic E-state index is -0.410. The zero-order chi connectivity index (χ0) is 20.5. The summed E-state index contributed by atoms with van der Waals surface area (Å²) in [5, 5.41) is 3.39. The van der Waals surface area contributed by atoms with Gasteiger partial charge >= 0.3 is 0 Å². The van der Waals surface area contributed by atoms with Gasteiger partial charge in [-0.25, -0.2) is 0 Å². The highest BCUT2D eigenvalue weighted by Crippen LogP contribution is 2.40. The molecule has 1 aromatic carbocycles. The summed E-state index contributed by atoms with van der Waals surface area (Å²) in [5.74, 6) is 1.35. The topological polar surface area (TPSA) is 75.4 Å². The number of carbonyl (C=O) groups excluding carboxylic acids is 2. The van der Waals surface area contributed by atoms with Crippen LogP contribution in [0.15, 0.2) is 24.3 Å². The van der Waals surface area contributed by atoms with E-state index in [1.807, 2.05) is 17.0 Å². The zero-order valence-corrected chi connectivity index (χ0v) is 17.8. The van der Waals surface area contributed by atoms with Crippen LogP contribution in [0.5, 0.6) is 0 Å². The molecule has 4 rings (SSSR count). The quantitative estimate of drug-likeness (QED) is 0.820. The van der Waals surface area contributed by atoms with Gasteiger partial charge in [0.2, 0.25) is 11.8 Å². The van der Waals surface area contributed by atoms with E-state index in [1.54, 1.807) is 0 Å². The number of amides is 2. The van der Waals surface area contributed by atoms with Gasteiger partial charge in [-0.1, -0.05) is 44.5 Å². The van der Waals surface area contributed by atoms with Gasteiger partial charge in [-0.05, 0) is 54.6 Å². The van der Waals surface area contributed by atoms with Crippen LogP contribution >= 0.6 is 0 Å². The van der Waals surface area contributed by atoms with E-state index in [0.29, 0.717) is 31.2 Å². The highest BCUT2D eigenvalue weighted by atomic mass is 16.2. The average Bonchev–Trinajstić information content (AvgIpc) is 2.67. The Morgan fingerprint density at radius 1 is 1.14 bits per heavy atom. The van der Waals surface area contributed by atoms with Crippen molar-refractivity contribution in [3.05, 3.63) is 35.4 Å². The first-order valence-electron chi connectivity index (χ1n) is 11.3. The third kappa shape index (κ3) is 4.35. The Morgan fingerprint density at radius 3 is 2.45 bits per heavy atom. The molecule has 3 unspecified atom stereocenters. The number of benzene rings is 1. The SMILES string of the molecule is CC(C)CC(=O)N1Cc2ccccc2CC1C(=O)NC1C2CCCC1CC(N)C2. The fourth-order valence-electron chi connectivity index (χ4n) is 5.77. The molecule has 2 aliphatic carbocycles. The molecule has 158 valence electrons. The number of nitrogens with one attached hydrogen (secondary N) is 1. The van der Waals surface area contributed by atoms with Crippen molar-refractivity contribution in [2.75, 3.05) is 0 Å². The predicted octanol–water partition coefficient (Wildman–Crippen LogP) is 3.01. The molecule has 29 heavy (non-hydrogen) atoms. The lowest BCUT2D eigenvalue weighted by Gasteiger charge is -2.46. The van der Waals surface area contributed by atoms with Crippen LogP contribution in [0.1, 0.15) is 63.5 Å². The molecular weight excluding hydrogens is 362 g/mol. The first-order chi connectivity index (χ1) is 13.9. The van der Waals surface area contributed by atoms with Crippen molar-refractivity contribution in [2.24, 2.45) is 23.5 Å². The van der Waals surface area contributed by atoms with Crippen LogP contribution in [0.2, 0.25) is 0 Å². The summed E-state index contributed by atoms with van der Waals surface area (Å²) in [6.45, 7) is 4.64. The van der Waals surface area contributed by atoms with Gasteiger partial charge in [-0.15, -0.1) is 0 Å². The molecular formula is C24H35N3O2. The molecule has 0 aromatic heterocycles. The number of hydrogen-bond acceptors (Lipinski definition) is 3. The Balaban J connectivity index is 1.53. The van der Waals surface area contributed by atoms with E-state index in [0.717, 1.165) is 31.2 Å². The highest BCUT2D eigenvalue weighted by molar-refractivity contribution is 5.88. The molecule has 3 aliphatic rings. The van der Waals surface area contributed by atoms with Crippen LogP contribution in [-0.4, -0.2) is 34.8 Å². The van der Waals surface area contributed by atoms with Crippen molar-refractivity contribution in [1.29, 1.82) is 0 Å². The number of carbonyl (C=O) groups is 2. The van der Waals surface area contributed by atoms with Crippen molar-refractivity contribution >= 4 is 11.8 Å². The first kappa shape index (κ1) is 20.4. The fourth-order valence-corrected chi connectivity index (χ4v) is 5.77. The summed E-state index contributed by atoms with van der Waals surface area (Å²) in [6, 6.07) is 8.27. The van der Waals surface area contributed by atoms with Crippen molar-refractivity contribution < 1.29 is 9.59 Å². The lowest BCUT2D eigenvalue weighted by Crippen LogP contribution is -2.59. The summed E-state index contributed by atoms with van der Waals surface area (Å²) >= 11 is 0. The smallest absolute Gasteiger partial charge is 0.243 e. The van der Waals surface area contributed by atoms with Crippen LogP contribution in [0, 0.1) is 17.8 Å². The van der Waals surface area contributed by atoms with Gasteiger partial charge < -0.3 is 16.0 Å². The van der Waals surface area contributed by atoms with E-state index < -0.39 is 6.04 Å². The second-order valence-electron chi connectivity index (χ2n) is 9.83. The zero-order valence-electron chi connectivity index (χ0n) is 17.8. The van der Waals surface area contributed by atoms with Crippen molar-refractivity contribution in [3.8, 4) is 0 Å². The maximum Gasteiger partial charge on any atom is 0.243 e. The molecule has 0 radical (unpaired) electrons. The summed E-state index contributed by atoms with van der Waals surface area (Å²) in [7, 11) is 0. The number of nitrogens with zero attached hydrogens (tertiary/aromatic N) is 1. The highest BCUT2D eigenvalue weighted by Gasteiger charge is 2.42. The van der Waals surface area contributed by atoms with Gasteiger partial charge in [0.05, 0.1) is 0 Å². The third-order valence-corrected chi connectivity index (χ3v) is 7.14. The van der Waals surface area contributed by atoms with E-state index in [1.165, 1.54) is 12.0 Å². The van der Waals surface area contributed by atoms with E-state index in [9.17, 15) is 9.59 Å². The van der Waals surface area contributed by atoms with Gasteiger partial charge in [0.15, 0.2) is 0 Å². The molecule has 3 N–H and O–H groups in total. The minimum Gasteiger partial charge on any atom is -0.351 e. The molecule has 1 aromatic rings. The van der Waals surface area contributed by atoms with E-state index in [4.69, 9.17) is 5.73 Å². The summed E-state index contributed by atoms with van der Waals surface area (Å²) in [5.41, 5.74) is 8.60. The molecule has 2 amide bonds. The van der Waals surface area contributed by atoms with E-state index in [2.05, 4.69) is 31.3 Å². The van der Waals surface area contributed by atoms with Crippen molar-refractivity contribution in [1.82, 2.24) is 10.2 Å². The van der Waals surface area contributed by atoms with Crippen LogP contribution in [0.3, 0.4) is 0 Å². The maximum absolute atomic E-state index is 13.5. The van der Waals surface area contributed by atoms with Gasteiger partial charge in [0.1, 0.15) is 6.04 Å². The van der Waals surface area contributed by atoms with Crippen molar-refractivity contribution in [3.63, 3.8) is 0 Å². The normalized spacial score (nSPS) is 31.3. The molecule has 2 saturated carbocycles. The summed E-state index contributed by atoms with van der Waals surface area (Å²) in [4.78, 5) is 28.3. The third-order valence-electron chi connectivity index (χ3n) is 7.14. The standard InChI is InChI=1S/C24H35N3O2/c1-15(2)10-22(28)27-14-19-7-4-3-6-16(19)13-21(27)24(29)26-23-17-8-5-9-18(23)12-20(25)11-17/h3-4,6-7,15,17-18,20-21,23H,5,8-14,25H2,1-2H3,(H,26,29). The number of fused-ring (bicyclic) bond motifs is 3. The first-order valence-corrected chi connectivity index (χ1v) is 11.3. The van der Waals surface area contributed by atoms with Crippen LogP contribution in [0.25, 0.3) is 0 Å². The molecule has 1 heterocycles. The average molecular weight is 398 g/mol. The minimum absolute atomic E-state index is 0.0222. The molecule has 5 heteroatoms. The Morgan fingerprint density at radius 2 is 1.79 bits per heavy atom. The number of rotatable bonds is 4. The molecule has 0 spiro atoms. The van der Waals surface area contributed by atoms with Crippen LogP contribution in [-0.2, 0) is 22.6 Å². The fraction of sp³-hybridized carbons (Fsp3) is 0.667.